The summed E-state index contributed by atoms with van der Waals surface area (Å²) in [6, 6.07) is 0.584. The lowest BCUT2D eigenvalue weighted by molar-refractivity contribution is 0.187. The van der Waals surface area contributed by atoms with Crippen LogP contribution in [0.5, 0.6) is 0 Å². The molecule has 1 aliphatic heterocycles. The molecule has 1 saturated heterocycles. The van der Waals surface area contributed by atoms with E-state index in [-0.39, 0.29) is 0 Å². The molecule has 0 unspecified atom stereocenters. The molecule has 0 atom stereocenters. The third kappa shape index (κ3) is 3.94. The fraction of sp³-hybridized carbons (Fsp3) is 0.786. The second-order valence-corrected chi connectivity index (χ2v) is 5.15. The average Bonchev–Trinajstić information content (AvgIpc) is 2.89. The molecule has 108 valence electrons. The van der Waals surface area contributed by atoms with Gasteiger partial charge < -0.3 is 19.5 Å². The molecule has 0 bridgehead atoms. The van der Waals surface area contributed by atoms with Crippen molar-refractivity contribution in [3.63, 3.8) is 0 Å². The van der Waals surface area contributed by atoms with Gasteiger partial charge in [0.1, 0.15) is 0 Å². The molecule has 0 aromatic carbocycles. The minimum atomic E-state index is 0.584. The van der Waals surface area contributed by atoms with Crippen LogP contribution in [0.1, 0.15) is 32.2 Å². The first-order valence-electron chi connectivity index (χ1n) is 7.33. The van der Waals surface area contributed by atoms with Gasteiger partial charge in [-0.2, -0.15) is 0 Å². The second-order valence-electron chi connectivity index (χ2n) is 5.15. The van der Waals surface area contributed by atoms with Gasteiger partial charge in [-0.05, 0) is 25.8 Å². The van der Waals surface area contributed by atoms with Crippen LogP contribution in [-0.4, -0.2) is 54.3 Å². The van der Waals surface area contributed by atoms with Crippen LogP contribution in [0.2, 0.25) is 0 Å². The normalized spacial score (nSPS) is 17.8. The summed E-state index contributed by atoms with van der Waals surface area (Å²) < 4.78 is 7.35. The van der Waals surface area contributed by atoms with E-state index in [9.17, 15) is 0 Å². The molecule has 19 heavy (non-hydrogen) atoms. The smallest absolute Gasteiger partial charge is 0.203 e. The van der Waals surface area contributed by atoms with E-state index in [2.05, 4.69) is 32.9 Å². The summed E-state index contributed by atoms with van der Waals surface area (Å²) in [5.41, 5.74) is 0. The molecule has 1 aromatic heterocycles. The number of piperidine rings is 1. The van der Waals surface area contributed by atoms with Crippen molar-refractivity contribution in [2.75, 3.05) is 45.2 Å². The summed E-state index contributed by atoms with van der Waals surface area (Å²) in [6.07, 6.45) is 7.66. The number of imidazole rings is 1. The molecule has 1 fully saturated rings. The van der Waals surface area contributed by atoms with E-state index in [0.717, 1.165) is 12.5 Å². The van der Waals surface area contributed by atoms with Gasteiger partial charge in [-0.1, -0.05) is 6.92 Å². The van der Waals surface area contributed by atoms with E-state index in [4.69, 9.17) is 4.74 Å². The van der Waals surface area contributed by atoms with Crippen LogP contribution in [-0.2, 0) is 4.74 Å². The standard InChI is InChI=1S/C14H26N4O/c1-3-8-17-9-4-13(5-10-17)18-11-6-15-14(18)16-7-12-19-2/h6,11,13H,3-5,7-10,12H2,1-2H3,(H,15,16). The Hall–Kier alpha value is -1.07. The third-order valence-electron chi connectivity index (χ3n) is 3.75. The van der Waals surface area contributed by atoms with Crippen LogP contribution in [0, 0.1) is 0 Å². The summed E-state index contributed by atoms with van der Waals surface area (Å²) in [6.45, 7) is 7.40. The minimum Gasteiger partial charge on any atom is -0.383 e. The first-order chi connectivity index (χ1) is 9.35. The van der Waals surface area contributed by atoms with Crippen molar-refractivity contribution in [2.24, 2.45) is 0 Å². The van der Waals surface area contributed by atoms with Gasteiger partial charge in [0.25, 0.3) is 0 Å². The maximum atomic E-state index is 5.06. The predicted molar refractivity (Wildman–Crippen MR) is 77.6 cm³/mol. The molecular weight excluding hydrogens is 240 g/mol. The number of hydrogen-bond donors (Lipinski definition) is 1. The lowest BCUT2D eigenvalue weighted by Crippen LogP contribution is -2.35. The highest BCUT2D eigenvalue weighted by molar-refractivity contribution is 5.26. The van der Waals surface area contributed by atoms with Gasteiger partial charge in [0, 0.05) is 45.2 Å². The zero-order valence-electron chi connectivity index (χ0n) is 12.1. The van der Waals surface area contributed by atoms with Crippen LogP contribution < -0.4 is 5.32 Å². The van der Waals surface area contributed by atoms with Crippen LogP contribution in [0.15, 0.2) is 12.4 Å². The highest BCUT2D eigenvalue weighted by Gasteiger charge is 2.21. The van der Waals surface area contributed by atoms with Gasteiger partial charge in [0.05, 0.1) is 6.61 Å². The maximum Gasteiger partial charge on any atom is 0.203 e. The van der Waals surface area contributed by atoms with E-state index in [0.29, 0.717) is 12.6 Å². The number of nitrogens with one attached hydrogen (secondary N) is 1. The number of nitrogens with zero attached hydrogens (tertiary/aromatic N) is 3. The summed E-state index contributed by atoms with van der Waals surface area (Å²) in [5.74, 6) is 0.978. The number of methoxy groups -OCH3 is 1. The lowest BCUT2D eigenvalue weighted by atomic mass is 10.0. The van der Waals surface area contributed by atoms with Crippen LogP contribution in [0.25, 0.3) is 0 Å². The number of aromatic nitrogens is 2. The molecule has 0 spiro atoms. The van der Waals surface area contributed by atoms with Crippen molar-refractivity contribution in [1.82, 2.24) is 14.5 Å². The quantitative estimate of drug-likeness (QED) is 0.766. The van der Waals surface area contributed by atoms with Crippen molar-refractivity contribution in [2.45, 2.75) is 32.2 Å². The Morgan fingerprint density at radius 1 is 1.42 bits per heavy atom. The molecule has 0 aliphatic carbocycles. The topological polar surface area (TPSA) is 42.3 Å². The Morgan fingerprint density at radius 3 is 2.89 bits per heavy atom. The molecular formula is C14H26N4O. The van der Waals surface area contributed by atoms with Crippen molar-refractivity contribution in [3.8, 4) is 0 Å². The summed E-state index contributed by atoms with van der Waals surface area (Å²) >= 11 is 0. The SMILES string of the molecule is CCCN1CCC(n2ccnc2NCCOC)CC1. The minimum absolute atomic E-state index is 0.584. The Kier molecular flexibility index (Phi) is 5.66. The monoisotopic (exact) mass is 266 g/mol. The van der Waals surface area contributed by atoms with Gasteiger partial charge in [0.15, 0.2) is 0 Å². The Bertz CT molecular complexity index is 358. The largest absolute Gasteiger partial charge is 0.383 e. The molecule has 1 aliphatic rings. The van der Waals surface area contributed by atoms with E-state index in [1.54, 1.807) is 7.11 Å². The van der Waals surface area contributed by atoms with Gasteiger partial charge in [-0.3, -0.25) is 0 Å². The van der Waals surface area contributed by atoms with E-state index < -0.39 is 0 Å². The van der Waals surface area contributed by atoms with Crippen LogP contribution in [0.3, 0.4) is 0 Å². The molecule has 1 N–H and O–H groups in total. The van der Waals surface area contributed by atoms with Crippen molar-refractivity contribution < 1.29 is 4.74 Å². The second kappa shape index (κ2) is 7.50. The first-order valence-corrected chi connectivity index (χ1v) is 7.33. The van der Waals surface area contributed by atoms with Crippen LogP contribution in [0.4, 0.5) is 5.95 Å². The molecule has 5 nitrogen and oxygen atoms in total. The number of anilines is 1. The lowest BCUT2D eigenvalue weighted by Gasteiger charge is -2.33. The number of hydrogen-bond acceptors (Lipinski definition) is 4. The molecule has 0 saturated carbocycles. The molecule has 0 amide bonds. The van der Waals surface area contributed by atoms with Gasteiger partial charge in [-0.25, -0.2) is 4.98 Å². The molecule has 2 rings (SSSR count). The Morgan fingerprint density at radius 2 is 2.21 bits per heavy atom. The zero-order chi connectivity index (χ0) is 13.5. The van der Waals surface area contributed by atoms with Crippen molar-refractivity contribution in [1.29, 1.82) is 0 Å². The predicted octanol–water partition coefficient (Wildman–Crippen LogP) is 1.99. The first kappa shape index (κ1) is 14.3. The van der Waals surface area contributed by atoms with Crippen LogP contribution >= 0.6 is 0 Å². The average molecular weight is 266 g/mol. The Labute approximate surface area is 116 Å². The number of likely N-dealkylation sites (tertiary alicyclic amines) is 1. The van der Waals surface area contributed by atoms with E-state index >= 15 is 0 Å². The number of ether oxygens (including phenoxy) is 1. The third-order valence-corrected chi connectivity index (χ3v) is 3.75. The van der Waals surface area contributed by atoms with Gasteiger partial charge >= 0.3 is 0 Å². The van der Waals surface area contributed by atoms with Crippen molar-refractivity contribution >= 4 is 5.95 Å². The Balaban J connectivity index is 1.87. The summed E-state index contributed by atoms with van der Waals surface area (Å²) in [5, 5.41) is 3.34. The van der Waals surface area contributed by atoms with E-state index in [1.165, 1.54) is 38.9 Å². The molecule has 2 heterocycles. The summed E-state index contributed by atoms with van der Waals surface area (Å²) in [4.78, 5) is 6.96. The molecule has 0 radical (unpaired) electrons. The molecule has 1 aromatic rings. The molecule has 5 heteroatoms. The van der Waals surface area contributed by atoms with Gasteiger partial charge in [-0.15, -0.1) is 0 Å². The summed E-state index contributed by atoms with van der Waals surface area (Å²) in [7, 11) is 1.72. The highest BCUT2D eigenvalue weighted by Crippen LogP contribution is 2.25. The number of rotatable bonds is 7. The fourth-order valence-electron chi connectivity index (χ4n) is 2.75. The van der Waals surface area contributed by atoms with Crippen molar-refractivity contribution in [3.05, 3.63) is 12.4 Å². The maximum absolute atomic E-state index is 5.06. The van der Waals surface area contributed by atoms with E-state index in [1.807, 2.05) is 6.20 Å². The zero-order valence-corrected chi connectivity index (χ0v) is 12.1. The van der Waals surface area contributed by atoms with Gasteiger partial charge in [0.2, 0.25) is 5.95 Å². The fourth-order valence-corrected chi connectivity index (χ4v) is 2.75. The highest BCUT2D eigenvalue weighted by atomic mass is 16.5.